The molecule has 0 bridgehead atoms. The fraction of sp³-hybridized carbons (Fsp3) is 0.292. The third-order valence-corrected chi connectivity index (χ3v) is 5.53. The van der Waals surface area contributed by atoms with Crippen molar-refractivity contribution >= 4 is 28.4 Å². The van der Waals surface area contributed by atoms with Crippen molar-refractivity contribution in [3.8, 4) is 5.75 Å². The van der Waals surface area contributed by atoms with E-state index in [2.05, 4.69) is 10.3 Å². The Labute approximate surface area is 175 Å². The van der Waals surface area contributed by atoms with Crippen LogP contribution in [0.2, 0.25) is 0 Å². The highest BCUT2D eigenvalue weighted by Gasteiger charge is 2.36. The third kappa shape index (κ3) is 3.99. The van der Waals surface area contributed by atoms with Gasteiger partial charge in [0.1, 0.15) is 5.75 Å². The SMILES string of the molecule is COc1ccc(C)cc1N1CC(C(=O)NCCc2cccc3cccnc23)CC1=O. The summed E-state index contributed by atoms with van der Waals surface area (Å²) in [6, 6.07) is 15.7. The van der Waals surface area contributed by atoms with Gasteiger partial charge in [0, 0.05) is 31.1 Å². The molecule has 0 radical (unpaired) electrons. The van der Waals surface area contributed by atoms with E-state index in [0.29, 0.717) is 25.3 Å². The Morgan fingerprint density at radius 1 is 1.23 bits per heavy atom. The van der Waals surface area contributed by atoms with E-state index in [0.717, 1.165) is 27.7 Å². The standard InChI is InChI=1S/C24H25N3O3/c1-16-8-9-21(30-2)20(13-16)27-15-19(14-22(27)28)24(29)26-12-10-18-6-3-5-17-7-4-11-25-23(17)18/h3-9,11,13,19H,10,12,14-15H2,1-2H3,(H,26,29). The summed E-state index contributed by atoms with van der Waals surface area (Å²) >= 11 is 0. The molecule has 6 heteroatoms. The van der Waals surface area contributed by atoms with Crippen molar-refractivity contribution in [3.05, 3.63) is 65.9 Å². The molecule has 1 atom stereocenters. The molecule has 1 aliphatic rings. The Bertz CT molecular complexity index is 1090. The number of aryl methyl sites for hydroxylation is 1. The summed E-state index contributed by atoms with van der Waals surface area (Å²) in [4.78, 5) is 31.4. The number of ether oxygens (including phenoxy) is 1. The topological polar surface area (TPSA) is 71.5 Å². The van der Waals surface area contributed by atoms with Crippen molar-refractivity contribution in [1.29, 1.82) is 0 Å². The van der Waals surface area contributed by atoms with Gasteiger partial charge in [0.05, 0.1) is 24.2 Å². The number of methoxy groups -OCH3 is 1. The van der Waals surface area contributed by atoms with E-state index < -0.39 is 0 Å². The Morgan fingerprint density at radius 2 is 2.07 bits per heavy atom. The van der Waals surface area contributed by atoms with Gasteiger partial charge in [-0.1, -0.05) is 30.3 Å². The van der Waals surface area contributed by atoms with Crippen molar-refractivity contribution in [2.75, 3.05) is 25.1 Å². The number of anilines is 1. The monoisotopic (exact) mass is 403 g/mol. The Kier molecular flexibility index (Phi) is 5.65. The molecule has 1 N–H and O–H groups in total. The van der Waals surface area contributed by atoms with Crippen LogP contribution in [0.3, 0.4) is 0 Å². The number of carbonyl (C=O) groups excluding carboxylic acids is 2. The average Bonchev–Trinajstić information content (AvgIpc) is 3.15. The molecule has 1 saturated heterocycles. The van der Waals surface area contributed by atoms with Crippen LogP contribution in [0, 0.1) is 12.8 Å². The zero-order valence-electron chi connectivity index (χ0n) is 17.2. The molecule has 154 valence electrons. The lowest BCUT2D eigenvalue weighted by atomic mass is 10.1. The van der Waals surface area contributed by atoms with Gasteiger partial charge >= 0.3 is 0 Å². The molecule has 0 spiro atoms. The maximum atomic E-state index is 12.7. The van der Waals surface area contributed by atoms with Gasteiger partial charge in [0.15, 0.2) is 0 Å². The number of aromatic nitrogens is 1. The van der Waals surface area contributed by atoms with E-state index in [9.17, 15) is 9.59 Å². The van der Waals surface area contributed by atoms with Crippen LogP contribution in [0.5, 0.6) is 5.75 Å². The number of para-hydroxylation sites is 1. The van der Waals surface area contributed by atoms with Gasteiger partial charge < -0.3 is 15.0 Å². The third-order valence-electron chi connectivity index (χ3n) is 5.53. The highest BCUT2D eigenvalue weighted by Crippen LogP contribution is 2.33. The molecule has 1 unspecified atom stereocenters. The molecule has 6 nitrogen and oxygen atoms in total. The zero-order valence-corrected chi connectivity index (χ0v) is 17.2. The molecule has 4 rings (SSSR count). The average molecular weight is 403 g/mol. The lowest BCUT2D eigenvalue weighted by Crippen LogP contribution is -2.34. The van der Waals surface area contributed by atoms with Crippen LogP contribution in [0.15, 0.2) is 54.7 Å². The number of rotatable bonds is 6. The Balaban J connectivity index is 1.39. The summed E-state index contributed by atoms with van der Waals surface area (Å²) in [6.07, 6.45) is 2.68. The minimum atomic E-state index is -0.367. The molecule has 2 heterocycles. The van der Waals surface area contributed by atoms with Crippen LogP contribution in [0.1, 0.15) is 17.5 Å². The second-order valence-electron chi connectivity index (χ2n) is 7.61. The minimum Gasteiger partial charge on any atom is -0.495 e. The van der Waals surface area contributed by atoms with E-state index in [1.165, 1.54) is 0 Å². The maximum Gasteiger partial charge on any atom is 0.227 e. The molecule has 0 saturated carbocycles. The van der Waals surface area contributed by atoms with Crippen LogP contribution < -0.4 is 15.0 Å². The van der Waals surface area contributed by atoms with Crippen LogP contribution in [-0.4, -0.2) is 37.0 Å². The highest BCUT2D eigenvalue weighted by atomic mass is 16.5. The van der Waals surface area contributed by atoms with Gasteiger partial charge in [-0.3, -0.25) is 14.6 Å². The van der Waals surface area contributed by atoms with Gasteiger partial charge in [-0.15, -0.1) is 0 Å². The summed E-state index contributed by atoms with van der Waals surface area (Å²) in [5.41, 5.74) is 3.82. The van der Waals surface area contributed by atoms with Gasteiger partial charge in [0.25, 0.3) is 0 Å². The second-order valence-corrected chi connectivity index (χ2v) is 7.61. The fourth-order valence-corrected chi connectivity index (χ4v) is 3.96. The molecule has 3 aromatic rings. The Morgan fingerprint density at radius 3 is 2.90 bits per heavy atom. The van der Waals surface area contributed by atoms with E-state index in [1.807, 2.05) is 55.5 Å². The number of amides is 2. The van der Waals surface area contributed by atoms with E-state index in [1.54, 1.807) is 18.2 Å². The number of nitrogens with zero attached hydrogens (tertiary/aromatic N) is 2. The van der Waals surface area contributed by atoms with E-state index in [4.69, 9.17) is 4.74 Å². The van der Waals surface area contributed by atoms with Crippen molar-refractivity contribution in [1.82, 2.24) is 10.3 Å². The largest absolute Gasteiger partial charge is 0.495 e. The fourth-order valence-electron chi connectivity index (χ4n) is 3.96. The van der Waals surface area contributed by atoms with Gasteiger partial charge in [0.2, 0.25) is 11.8 Å². The van der Waals surface area contributed by atoms with Gasteiger partial charge in [-0.05, 0) is 42.7 Å². The molecular formula is C24H25N3O3. The zero-order chi connectivity index (χ0) is 21.1. The van der Waals surface area contributed by atoms with Crippen LogP contribution in [0.4, 0.5) is 5.69 Å². The number of nitrogens with one attached hydrogen (secondary N) is 1. The Hall–Kier alpha value is -3.41. The first kappa shape index (κ1) is 19.9. The van der Waals surface area contributed by atoms with Crippen LogP contribution in [-0.2, 0) is 16.0 Å². The lowest BCUT2D eigenvalue weighted by Gasteiger charge is -2.20. The summed E-state index contributed by atoms with van der Waals surface area (Å²) in [5.74, 6) is 0.120. The van der Waals surface area contributed by atoms with E-state index in [-0.39, 0.29) is 24.2 Å². The molecule has 30 heavy (non-hydrogen) atoms. The number of hydrogen-bond donors (Lipinski definition) is 1. The van der Waals surface area contributed by atoms with Crippen molar-refractivity contribution < 1.29 is 14.3 Å². The van der Waals surface area contributed by atoms with Crippen LogP contribution in [0.25, 0.3) is 10.9 Å². The molecule has 1 aromatic heterocycles. The molecule has 1 aliphatic heterocycles. The lowest BCUT2D eigenvalue weighted by molar-refractivity contribution is -0.126. The van der Waals surface area contributed by atoms with E-state index >= 15 is 0 Å². The predicted octanol–water partition coefficient (Wildman–Crippen LogP) is 3.26. The molecular weight excluding hydrogens is 378 g/mol. The molecule has 0 aliphatic carbocycles. The molecule has 2 aromatic carbocycles. The number of carbonyl (C=O) groups is 2. The smallest absolute Gasteiger partial charge is 0.227 e. The summed E-state index contributed by atoms with van der Waals surface area (Å²) in [5, 5.41) is 4.08. The first-order valence-corrected chi connectivity index (χ1v) is 10.1. The van der Waals surface area contributed by atoms with Crippen molar-refractivity contribution in [3.63, 3.8) is 0 Å². The predicted molar refractivity (Wildman–Crippen MR) is 117 cm³/mol. The number of hydrogen-bond acceptors (Lipinski definition) is 4. The quantitative estimate of drug-likeness (QED) is 0.686. The number of pyridine rings is 1. The number of benzene rings is 2. The molecule has 2 amide bonds. The van der Waals surface area contributed by atoms with Crippen LogP contribution >= 0.6 is 0 Å². The maximum absolute atomic E-state index is 12.7. The van der Waals surface area contributed by atoms with Gasteiger partial charge in [-0.2, -0.15) is 0 Å². The summed E-state index contributed by atoms with van der Waals surface area (Å²) in [6.45, 7) is 2.84. The second kappa shape index (κ2) is 8.53. The first-order chi connectivity index (χ1) is 14.6. The first-order valence-electron chi connectivity index (χ1n) is 10.1. The minimum absolute atomic E-state index is 0.0581. The summed E-state index contributed by atoms with van der Waals surface area (Å²) in [7, 11) is 1.58. The normalized spacial score (nSPS) is 16.1. The number of fused-ring (bicyclic) bond motifs is 1. The highest BCUT2D eigenvalue weighted by molar-refractivity contribution is 6.01. The van der Waals surface area contributed by atoms with Crippen molar-refractivity contribution in [2.45, 2.75) is 19.8 Å². The van der Waals surface area contributed by atoms with Gasteiger partial charge in [-0.25, -0.2) is 0 Å². The summed E-state index contributed by atoms with van der Waals surface area (Å²) < 4.78 is 5.41. The molecule has 1 fully saturated rings. The van der Waals surface area contributed by atoms with Crippen molar-refractivity contribution in [2.24, 2.45) is 5.92 Å².